The molecule has 1 fully saturated rings. The fourth-order valence-corrected chi connectivity index (χ4v) is 12.1. The minimum atomic E-state index is -2.05. The van der Waals surface area contributed by atoms with Gasteiger partial charge in [-0.1, -0.05) is 67.7 Å². The van der Waals surface area contributed by atoms with Gasteiger partial charge >= 0.3 is 5.97 Å². The van der Waals surface area contributed by atoms with E-state index in [0.29, 0.717) is 53.6 Å². The van der Waals surface area contributed by atoms with Gasteiger partial charge in [0.05, 0.1) is 47.1 Å². The zero-order chi connectivity index (χ0) is 68.1. The summed E-state index contributed by atoms with van der Waals surface area (Å²) in [5, 5.41) is 76.3. The molecule has 11 atom stereocenters. The van der Waals surface area contributed by atoms with E-state index < -0.39 is 152 Å². The van der Waals surface area contributed by atoms with E-state index in [1.807, 2.05) is 13.8 Å². The number of hydrogen-bond acceptors (Lipinski definition) is 19. The van der Waals surface area contributed by atoms with Crippen LogP contribution in [0, 0.1) is 30.0 Å². The monoisotopic (exact) mass is 1290 g/mol. The number of benzene rings is 1. The van der Waals surface area contributed by atoms with Gasteiger partial charge in [0.1, 0.15) is 62.2 Å². The minimum absolute atomic E-state index is 0.0488. The fourth-order valence-electron chi connectivity index (χ4n) is 12.1. The SMILES string of the molecule is CCCCC(C)(CC)C1CC(=O)N(CCCCCC(=O)N[C@@H](CCC(=O)NC[C@H](O)[C@@H](O)[C@H](O)[C@H](O)CO)C(=O)N[C@H](C(=O)N[C@@H](C)C(=O)NCOCC(=O)NCc2c(C)c(F)cc3nc4c(cc23)C(CC)n2c-4cc3c(c2=O)COC(=O)[C@]3(O)CC)C(C)C)C1=O. The molecule has 2 aromatic heterocycles. The van der Waals surface area contributed by atoms with E-state index in [-0.39, 0.29) is 84.8 Å². The summed E-state index contributed by atoms with van der Waals surface area (Å²) in [6, 6.07) is 0.144. The molecule has 0 saturated carbocycles. The number of aliphatic hydroxyl groups excluding tert-OH is 5. The number of unbranched alkanes of at least 4 members (excludes halogenated alkanes) is 3. The lowest BCUT2D eigenvalue weighted by atomic mass is 9.71. The van der Waals surface area contributed by atoms with Crippen molar-refractivity contribution in [2.45, 2.75) is 213 Å². The Morgan fingerprint density at radius 1 is 0.848 bits per heavy atom. The number of carbonyl (C=O) groups excluding carboxylic acids is 9. The molecule has 0 aliphatic carbocycles. The van der Waals surface area contributed by atoms with Crippen LogP contribution in [0.1, 0.15) is 173 Å². The molecule has 3 unspecified atom stereocenters. The van der Waals surface area contributed by atoms with Gasteiger partial charge in [-0.25, -0.2) is 14.2 Å². The standard InChI is InChI=1S/C64H92FN9O18/c1-10-14-21-63(9,12-3)41-25-52(81)73(61(41)88)22-17-15-16-18-50(79)70-43(19-20-49(78)67-28-47(76)55(82)56(83)48(77)29-75)58(85)72-53(33(5)6)59(86)69-35(8)57(84)68-32-91-31-51(80)66-27-38-34(7)42(65)26-44-36(38)23-37-45(11-2)74-46(54(37)71-44)24-40-39(60(74)87)30-92-62(89)64(40,90)13-4/h23-24,26,33,35,41,43,45,47-48,53,55-56,75-77,82-83,90H,10-22,25,27-32H2,1-9H3,(H,66,80)(H,67,78)(H,68,84)(H,69,86)(H,70,79)(H,72,85)/t35-,41?,43-,45?,47-,48+,53-,55+,56+,63?,64-/m0/s1. The lowest BCUT2D eigenvalue weighted by molar-refractivity contribution is -0.172. The van der Waals surface area contributed by atoms with Crippen LogP contribution in [0.2, 0.25) is 0 Å². The molecule has 3 aliphatic heterocycles. The van der Waals surface area contributed by atoms with E-state index in [1.165, 1.54) is 17.9 Å². The summed E-state index contributed by atoms with van der Waals surface area (Å²) in [6.45, 7) is 12.8. The number of esters is 1. The van der Waals surface area contributed by atoms with Gasteiger partial charge in [0.25, 0.3) is 5.56 Å². The number of nitrogens with one attached hydrogen (secondary N) is 6. The Bertz CT molecular complexity index is 3290. The van der Waals surface area contributed by atoms with Gasteiger partial charge in [-0.2, -0.15) is 0 Å². The van der Waals surface area contributed by atoms with Crippen molar-refractivity contribution < 1.29 is 87.7 Å². The first kappa shape index (κ1) is 73.7. The van der Waals surface area contributed by atoms with Crippen molar-refractivity contribution in [3.63, 3.8) is 0 Å². The number of ether oxygens (including phenoxy) is 2. The van der Waals surface area contributed by atoms with Crippen LogP contribution >= 0.6 is 0 Å². The zero-order valence-electron chi connectivity index (χ0n) is 53.9. The van der Waals surface area contributed by atoms with Gasteiger partial charge < -0.3 is 72.0 Å². The number of aliphatic hydroxyl groups is 6. The van der Waals surface area contributed by atoms with Crippen molar-refractivity contribution in [1.82, 2.24) is 46.4 Å². The number of likely N-dealkylation sites (tertiary alicyclic amines) is 1. The molecule has 27 nitrogen and oxygen atoms in total. The van der Waals surface area contributed by atoms with E-state index in [1.54, 1.807) is 44.4 Å². The Morgan fingerprint density at radius 2 is 1.55 bits per heavy atom. The van der Waals surface area contributed by atoms with E-state index in [4.69, 9.17) is 19.6 Å². The fraction of sp³-hybridized carbons (Fsp3) is 0.641. The van der Waals surface area contributed by atoms with Crippen LogP contribution in [-0.2, 0) is 71.4 Å². The number of hydrogen-bond donors (Lipinski definition) is 12. The number of cyclic esters (lactones) is 1. The molecular formula is C64H92FN9O18. The number of carbonyl (C=O) groups is 9. The second-order valence-corrected chi connectivity index (χ2v) is 24.9. The van der Waals surface area contributed by atoms with Crippen LogP contribution in [0.4, 0.5) is 4.39 Å². The molecule has 92 heavy (non-hydrogen) atoms. The van der Waals surface area contributed by atoms with Gasteiger partial charge in [0.2, 0.25) is 47.3 Å². The van der Waals surface area contributed by atoms with E-state index >= 15 is 4.39 Å². The molecule has 5 heterocycles. The van der Waals surface area contributed by atoms with Crippen molar-refractivity contribution in [1.29, 1.82) is 0 Å². The van der Waals surface area contributed by atoms with Gasteiger partial charge in [-0.05, 0) is 93.4 Å². The largest absolute Gasteiger partial charge is 0.458 e. The van der Waals surface area contributed by atoms with Crippen LogP contribution in [-0.4, -0.2) is 174 Å². The Kier molecular flexibility index (Phi) is 26.0. The topological polar surface area (TPSA) is 404 Å². The van der Waals surface area contributed by atoms with Gasteiger partial charge in [0, 0.05) is 61.5 Å². The second kappa shape index (κ2) is 32.5. The minimum Gasteiger partial charge on any atom is -0.458 e. The number of halogens is 1. The molecule has 3 aliphatic rings. The number of nitrogens with zero attached hydrogens (tertiary/aromatic N) is 3. The third-order valence-corrected chi connectivity index (χ3v) is 18.2. The van der Waals surface area contributed by atoms with Gasteiger partial charge in [-0.15, -0.1) is 0 Å². The quantitative estimate of drug-likeness (QED) is 0.0170. The highest BCUT2D eigenvalue weighted by Gasteiger charge is 2.48. The summed E-state index contributed by atoms with van der Waals surface area (Å²) < 4.78 is 27.8. The lowest BCUT2D eigenvalue weighted by Gasteiger charge is -2.33. The molecule has 6 rings (SSSR count). The number of amides is 8. The Hall–Kier alpha value is -7.34. The Morgan fingerprint density at radius 3 is 2.21 bits per heavy atom. The number of aromatic nitrogens is 2. The summed E-state index contributed by atoms with van der Waals surface area (Å²) in [5.74, 6) is -7.35. The number of pyridine rings is 2. The van der Waals surface area contributed by atoms with E-state index in [9.17, 15) is 73.5 Å². The van der Waals surface area contributed by atoms with Crippen LogP contribution in [0.5, 0.6) is 0 Å². The maximum Gasteiger partial charge on any atom is 0.343 e. The van der Waals surface area contributed by atoms with Gasteiger partial charge in [0.15, 0.2) is 5.60 Å². The van der Waals surface area contributed by atoms with E-state index in [2.05, 4.69) is 45.7 Å². The van der Waals surface area contributed by atoms with Crippen LogP contribution in [0.3, 0.4) is 0 Å². The van der Waals surface area contributed by atoms with Crippen LogP contribution in [0.15, 0.2) is 23.0 Å². The molecule has 0 bridgehead atoms. The van der Waals surface area contributed by atoms with Crippen molar-refractivity contribution in [2.24, 2.45) is 17.3 Å². The molecule has 0 spiro atoms. The third kappa shape index (κ3) is 16.9. The molecule has 28 heteroatoms. The van der Waals surface area contributed by atoms with Crippen molar-refractivity contribution in [3.8, 4) is 11.4 Å². The maximum absolute atomic E-state index is 15.6. The highest BCUT2D eigenvalue weighted by atomic mass is 19.1. The van der Waals surface area contributed by atoms with Crippen LogP contribution < -0.4 is 37.5 Å². The predicted octanol–water partition coefficient (Wildman–Crippen LogP) is 1.19. The summed E-state index contributed by atoms with van der Waals surface area (Å²) in [6.07, 6.45) is -3.18. The van der Waals surface area contributed by atoms with Crippen molar-refractivity contribution in [2.75, 3.05) is 33.0 Å². The summed E-state index contributed by atoms with van der Waals surface area (Å²) in [4.78, 5) is 140. The number of fused-ring (bicyclic) bond motifs is 5. The van der Waals surface area contributed by atoms with Crippen molar-refractivity contribution >= 4 is 64.1 Å². The van der Waals surface area contributed by atoms with Gasteiger partial charge in [-0.3, -0.25) is 52.6 Å². The molecule has 1 aromatic carbocycles. The highest BCUT2D eigenvalue weighted by molar-refractivity contribution is 6.04. The maximum atomic E-state index is 15.6. The highest BCUT2D eigenvalue weighted by Crippen LogP contribution is 2.45. The summed E-state index contributed by atoms with van der Waals surface area (Å²) in [7, 11) is 0. The third-order valence-electron chi connectivity index (χ3n) is 18.2. The first-order chi connectivity index (χ1) is 43.5. The molecule has 508 valence electrons. The average molecular weight is 1290 g/mol. The molecule has 8 amide bonds. The molecular weight excluding hydrogens is 1200 g/mol. The first-order valence-electron chi connectivity index (χ1n) is 31.8. The molecule has 0 radical (unpaired) electrons. The Balaban J connectivity index is 1.02. The molecule has 3 aromatic rings. The first-order valence-corrected chi connectivity index (χ1v) is 31.8. The summed E-state index contributed by atoms with van der Waals surface area (Å²) in [5.41, 5.74) is -0.309. The molecule has 12 N–H and O–H groups in total. The number of imide groups is 1. The second-order valence-electron chi connectivity index (χ2n) is 24.9. The molecule has 1 saturated heterocycles. The smallest absolute Gasteiger partial charge is 0.343 e. The average Bonchev–Trinajstić information content (AvgIpc) is 1.51. The normalized spacial score (nSPS) is 19.8. The van der Waals surface area contributed by atoms with E-state index in [0.717, 1.165) is 25.7 Å². The predicted molar refractivity (Wildman–Crippen MR) is 330 cm³/mol. The lowest BCUT2D eigenvalue weighted by Crippen LogP contribution is -2.58. The Labute approximate surface area is 533 Å². The van der Waals surface area contributed by atoms with Crippen LogP contribution in [0.25, 0.3) is 22.3 Å². The number of rotatable bonds is 35. The van der Waals surface area contributed by atoms with Crippen molar-refractivity contribution in [3.05, 3.63) is 62.2 Å². The zero-order valence-corrected chi connectivity index (χ0v) is 53.9. The summed E-state index contributed by atoms with van der Waals surface area (Å²) >= 11 is 0.